The van der Waals surface area contributed by atoms with Gasteiger partial charge >= 0.3 is 0 Å². The van der Waals surface area contributed by atoms with E-state index in [1.807, 2.05) is 24.4 Å². The van der Waals surface area contributed by atoms with E-state index in [-0.39, 0.29) is 5.84 Å². The maximum Gasteiger partial charge on any atom is 0.241 e. The highest BCUT2D eigenvalue weighted by Crippen LogP contribution is 2.35. The molecule has 9 nitrogen and oxygen atoms in total. The van der Waals surface area contributed by atoms with Gasteiger partial charge in [-0.25, -0.2) is 4.98 Å². The molecule has 2 aromatic heterocycles. The zero-order valence-electron chi connectivity index (χ0n) is 23.8. The lowest BCUT2D eigenvalue weighted by Crippen LogP contribution is -2.37. The lowest BCUT2D eigenvalue weighted by molar-refractivity contribution is -0.00211. The van der Waals surface area contributed by atoms with Gasteiger partial charge in [0.15, 0.2) is 5.84 Å². The van der Waals surface area contributed by atoms with Crippen molar-refractivity contribution in [2.24, 2.45) is 10.9 Å². The fourth-order valence-electron chi connectivity index (χ4n) is 4.71. The van der Waals surface area contributed by atoms with E-state index in [2.05, 4.69) is 40.2 Å². The van der Waals surface area contributed by atoms with Gasteiger partial charge in [-0.15, -0.1) is 11.3 Å². The number of nitrogens with two attached hydrogens (primary N) is 1. The summed E-state index contributed by atoms with van der Waals surface area (Å²) in [6, 6.07) is 19.2. The molecule has 4 aromatic rings. The molecule has 1 fully saturated rings. The highest BCUT2D eigenvalue weighted by molar-refractivity contribution is 7.15. The van der Waals surface area contributed by atoms with Crippen LogP contribution >= 0.6 is 11.3 Å². The summed E-state index contributed by atoms with van der Waals surface area (Å²) in [4.78, 5) is 13.1. The number of rotatable bonds is 13. The Morgan fingerprint density at radius 3 is 2.40 bits per heavy atom. The molecule has 0 spiro atoms. The van der Waals surface area contributed by atoms with Crippen LogP contribution in [0, 0.1) is 0 Å². The Balaban J connectivity index is 1.32. The van der Waals surface area contributed by atoms with Crippen molar-refractivity contribution in [1.29, 1.82) is 0 Å². The molecule has 3 heterocycles. The monoisotopic (exact) mass is 587 g/mol. The van der Waals surface area contributed by atoms with Gasteiger partial charge in [0.2, 0.25) is 6.29 Å². The van der Waals surface area contributed by atoms with Crippen molar-refractivity contribution in [3.8, 4) is 33.3 Å². The number of aromatic nitrogens is 2. The topological polar surface area (TPSA) is 115 Å². The summed E-state index contributed by atoms with van der Waals surface area (Å²) in [6.07, 6.45) is 6.86. The molecular formula is C32H37N5O4S. The van der Waals surface area contributed by atoms with E-state index in [0.29, 0.717) is 11.3 Å². The fourth-order valence-corrected chi connectivity index (χ4v) is 5.78. The van der Waals surface area contributed by atoms with Gasteiger partial charge < -0.3 is 25.2 Å². The quantitative estimate of drug-likeness (QED) is 0.0662. The second-order valence-corrected chi connectivity index (χ2v) is 11.2. The van der Waals surface area contributed by atoms with Crippen LogP contribution in [0.4, 0.5) is 0 Å². The maximum atomic E-state index is 8.91. The van der Waals surface area contributed by atoms with E-state index >= 15 is 0 Å². The van der Waals surface area contributed by atoms with Crippen molar-refractivity contribution < 1.29 is 19.4 Å². The van der Waals surface area contributed by atoms with Crippen LogP contribution in [-0.4, -0.2) is 65.0 Å². The minimum atomic E-state index is -0.453. The van der Waals surface area contributed by atoms with Crippen LogP contribution in [0.25, 0.3) is 21.8 Å². The molecule has 0 bridgehead atoms. The molecule has 0 radical (unpaired) electrons. The van der Waals surface area contributed by atoms with Gasteiger partial charge in [0.25, 0.3) is 0 Å². The van der Waals surface area contributed by atoms with E-state index in [9.17, 15) is 0 Å². The third-order valence-electron chi connectivity index (χ3n) is 7.08. The van der Waals surface area contributed by atoms with Crippen molar-refractivity contribution in [1.82, 2.24) is 14.9 Å². The standard InChI is InChI=1S/C32H37N5O4S/c1-2-3-6-29(41-27-13-9-24(10-14-27)31(33)36-38)40-26-11-7-23(8-12-26)30-28(15-17-37-18-20-39-21-19-37)42-32(35-30)25-5-4-16-34-22-25/h4-5,7-14,16,22,29,38H,2-3,6,15,17-21H2,1H3,(H2,33,36). The van der Waals surface area contributed by atoms with Crippen molar-refractivity contribution in [3.63, 3.8) is 0 Å². The van der Waals surface area contributed by atoms with E-state index in [4.69, 9.17) is 30.1 Å². The first kappa shape index (κ1) is 29.5. The zero-order chi connectivity index (χ0) is 29.1. The first-order valence-corrected chi connectivity index (χ1v) is 15.2. The summed E-state index contributed by atoms with van der Waals surface area (Å²) >= 11 is 1.74. The van der Waals surface area contributed by atoms with E-state index in [1.165, 1.54) is 4.88 Å². The largest absolute Gasteiger partial charge is 0.455 e. The number of hydrogen-bond acceptors (Lipinski definition) is 9. The van der Waals surface area contributed by atoms with Gasteiger partial charge in [-0.2, -0.15) is 0 Å². The second-order valence-electron chi connectivity index (χ2n) is 10.1. The number of morpholine rings is 1. The van der Waals surface area contributed by atoms with Crippen LogP contribution in [0.3, 0.4) is 0 Å². The van der Waals surface area contributed by atoms with E-state index < -0.39 is 6.29 Å². The molecule has 2 aromatic carbocycles. The molecule has 1 atom stereocenters. The first-order chi connectivity index (χ1) is 20.6. The Morgan fingerprint density at radius 1 is 1.05 bits per heavy atom. The number of oxime groups is 1. The molecule has 1 aliphatic rings. The van der Waals surface area contributed by atoms with Crippen LogP contribution in [0.2, 0.25) is 0 Å². The number of nitrogens with zero attached hydrogens (tertiary/aromatic N) is 4. The molecule has 1 aliphatic heterocycles. The molecular weight excluding hydrogens is 550 g/mol. The van der Waals surface area contributed by atoms with Gasteiger partial charge in [0.1, 0.15) is 16.5 Å². The van der Waals surface area contributed by atoms with Crippen LogP contribution in [0.1, 0.15) is 36.6 Å². The number of unbranched alkanes of at least 4 members (excludes halogenated alkanes) is 1. The lowest BCUT2D eigenvalue weighted by atomic mass is 10.1. The Kier molecular flexibility index (Phi) is 10.4. The molecule has 0 amide bonds. The molecule has 5 rings (SSSR count). The Hall–Kier alpha value is -3.99. The minimum Gasteiger partial charge on any atom is -0.455 e. The highest BCUT2D eigenvalue weighted by atomic mass is 32.1. The van der Waals surface area contributed by atoms with Crippen LogP contribution < -0.4 is 15.2 Å². The van der Waals surface area contributed by atoms with Crippen molar-refractivity contribution >= 4 is 17.2 Å². The average Bonchev–Trinajstić information content (AvgIpc) is 3.48. The van der Waals surface area contributed by atoms with Gasteiger partial charge in [-0.05, 0) is 73.5 Å². The van der Waals surface area contributed by atoms with Crippen molar-refractivity contribution in [2.75, 3.05) is 32.8 Å². The van der Waals surface area contributed by atoms with E-state index in [0.717, 1.165) is 86.1 Å². The molecule has 1 saturated heterocycles. The first-order valence-electron chi connectivity index (χ1n) is 14.3. The Morgan fingerprint density at radius 2 is 1.76 bits per heavy atom. The van der Waals surface area contributed by atoms with Crippen molar-refractivity contribution in [3.05, 3.63) is 83.5 Å². The van der Waals surface area contributed by atoms with Gasteiger partial charge in [-0.1, -0.05) is 18.5 Å². The number of pyridine rings is 1. The predicted octanol–water partition coefficient (Wildman–Crippen LogP) is 5.82. The Bertz CT molecular complexity index is 1420. The number of amidine groups is 1. The zero-order valence-corrected chi connectivity index (χ0v) is 24.6. The van der Waals surface area contributed by atoms with Crippen LogP contribution in [-0.2, 0) is 11.2 Å². The second kappa shape index (κ2) is 14.8. The summed E-state index contributed by atoms with van der Waals surface area (Å²) < 4.78 is 18.0. The number of benzene rings is 2. The molecule has 220 valence electrons. The van der Waals surface area contributed by atoms with Crippen LogP contribution in [0.15, 0.2) is 78.2 Å². The number of hydrogen-bond donors (Lipinski definition) is 2. The Labute approximate surface area is 250 Å². The molecule has 3 N–H and O–H groups in total. The van der Waals surface area contributed by atoms with Gasteiger partial charge in [0, 0.05) is 60.0 Å². The molecule has 1 unspecified atom stereocenters. The van der Waals surface area contributed by atoms with Gasteiger partial charge in [0.05, 0.1) is 18.9 Å². The number of thiazole rings is 1. The fraction of sp³-hybridized carbons (Fsp3) is 0.344. The summed E-state index contributed by atoms with van der Waals surface area (Å²) in [5.41, 5.74) is 9.37. The van der Waals surface area contributed by atoms with Crippen molar-refractivity contribution in [2.45, 2.75) is 38.9 Å². The minimum absolute atomic E-state index is 0.0531. The normalized spacial score (nSPS) is 14.9. The lowest BCUT2D eigenvalue weighted by Gasteiger charge is -2.26. The SMILES string of the molecule is CCCCC(Oc1ccc(C(N)=NO)cc1)Oc1ccc(-c2nc(-c3cccnc3)sc2CCN2CCOCC2)cc1. The molecule has 42 heavy (non-hydrogen) atoms. The summed E-state index contributed by atoms with van der Waals surface area (Å²) in [6.45, 7) is 6.63. The van der Waals surface area contributed by atoms with Gasteiger partial charge in [-0.3, -0.25) is 9.88 Å². The smallest absolute Gasteiger partial charge is 0.241 e. The molecule has 0 saturated carbocycles. The summed E-state index contributed by atoms with van der Waals surface area (Å²) in [7, 11) is 0. The predicted molar refractivity (Wildman–Crippen MR) is 165 cm³/mol. The maximum absolute atomic E-state index is 8.91. The average molecular weight is 588 g/mol. The summed E-state index contributed by atoms with van der Waals surface area (Å²) in [5, 5.41) is 12.9. The molecule has 10 heteroatoms. The number of ether oxygens (including phenoxy) is 3. The van der Waals surface area contributed by atoms with Crippen LogP contribution in [0.5, 0.6) is 11.5 Å². The third-order valence-corrected chi connectivity index (χ3v) is 8.24. The van der Waals surface area contributed by atoms with E-state index in [1.54, 1.807) is 41.8 Å². The highest BCUT2D eigenvalue weighted by Gasteiger charge is 2.18. The third kappa shape index (κ3) is 7.84. The summed E-state index contributed by atoms with van der Waals surface area (Å²) in [5.74, 6) is 1.43. The molecule has 0 aliphatic carbocycles.